The Labute approximate surface area is 82.1 Å². The summed E-state index contributed by atoms with van der Waals surface area (Å²) in [6, 6.07) is 7.68. The molecule has 1 amide bonds. The zero-order valence-electron chi connectivity index (χ0n) is 7.91. The van der Waals surface area contributed by atoms with Crippen molar-refractivity contribution in [3.05, 3.63) is 29.8 Å². The average molecular weight is 192 g/mol. The maximum absolute atomic E-state index is 11.3. The number of hydrogen-bond donors (Lipinski definition) is 2. The Morgan fingerprint density at radius 1 is 1.57 bits per heavy atom. The molecule has 1 atom stereocenters. The highest BCUT2D eigenvalue weighted by Crippen LogP contribution is 2.32. The van der Waals surface area contributed by atoms with Gasteiger partial charge >= 0.3 is 0 Å². The van der Waals surface area contributed by atoms with Gasteiger partial charge in [0.15, 0.2) is 0 Å². The third-order valence-electron chi connectivity index (χ3n) is 2.54. The van der Waals surface area contributed by atoms with Crippen LogP contribution in [0.5, 0.6) is 0 Å². The highest BCUT2D eigenvalue weighted by atomic mass is 16.5. The van der Waals surface area contributed by atoms with Crippen LogP contribution < -0.4 is 11.1 Å². The first-order valence-corrected chi connectivity index (χ1v) is 4.39. The zero-order chi connectivity index (χ0) is 10.2. The molecule has 0 radical (unpaired) electrons. The van der Waals surface area contributed by atoms with E-state index in [0.717, 1.165) is 11.3 Å². The molecule has 14 heavy (non-hydrogen) atoms. The summed E-state index contributed by atoms with van der Waals surface area (Å²) in [6.07, 6.45) is 0.481. The number of hydrogen-bond acceptors (Lipinski definition) is 3. The first kappa shape index (κ1) is 9.02. The van der Waals surface area contributed by atoms with E-state index in [1.54, 1.807) is 0 Å². The van der Waals surface area contributed by atoms with Crippen molar-refractivity contribution in [2.45, 2.75) is 12.1 Å². The molecule has 1 aliphatic rings. The molecule has 4 heteroatoms. The number of methoxy groups -OCH3 is 1. The Morgan fingerprint density at radius 2 is 2.29 bits per heavy atom. The predicted octanol–water partition coefficient (Wildman–Crippen LogP) is 0.483. The Morgan fingerprint density at radius 3 is 2.86 bits per heavy atom. The van der Waals surface area contributed by atoms with E-state index in [1.165, 1.54) is 7.11 Å². The number of rotatable bonds is 2. The summed E-state index contributed by atoms with van der Waals surface area (Å²) < 4.78 is 5.16. The molecule has 4 nitrogen and oxygen atoms in total. The summed E-state index contributed by atoms with van der Waals surface area (Å²) in [7, 11) is 1.48. The first-order valence-electron chi connectivity index (χ1n) is 4.39. The van der Waals surface area contributed by atoms with Crippen molar-refractivity contribution in [2.75, 3.05) is 12.4 Å². The minimum Gasteiger partial charge on any atom is -0.365 e. The Bertz CT molecular complexity index is 351. The summed E-state index contributed by atoms with van der Waals surface area (Å²) in [6.45, 7) is 0. The van der Waals surface area contributed by atoms with Gasteiger partial charge in [0.2, 0.25) is 5.72 Å². The van der Waals surface area contributed by atoms with E-state index in [1.807, 2.05) is 24.3 Å². The smallest absolute Gasteiger partial charge is 0.271 e. The van der Waals surface area contributed by atoms with Gasteiger partial charge in [-0.25, -0.2) is 0 Å². The lowest BCUT2D eigenvalue weighted by Gasteiger charge is -2.24. The van der Waals surface area contributed by atoms with Crippen LogP contribution in [0.1, 0.15) is 5.56 Å². The topological polar surface area (TPSA) is 64.3 Å². The third-order valence-corrected chi connectivity index (χ3v) is 2.54. The zero-order valence-corrected chi connectivity index (χ0v) is 7.91. The van der Waals surface area contributed by atoms with Gasteiger partial charge in [0.05, 0.1) is 0 Å². The molecule has 0 fully saturated rings. The van der Waals surface area contributed by atoms with Crippen molar-refractivity contribution in [1.82, 2.24) is 0 Å². The van der Waals surface area contributed by atoms with E-state index in [9.17, 15) is 4.79 Å². The van der Waals surface area contributed by atoms with E-state index in [4.69, 9.17) is 10.5 Å². The maximum Gasteiger partial charge on any atom is 0.271 e. The Hall–Kier alpha value is -1.55. The van der Waals surface area contributed by atoms with Gasteiger partial charge in [-0.05, 0) is 11.6 Å². The number of primary amides is 1. The van der Waals surface area contributed by atoms with Crippen molar-refractivity contribution in [1.29, 1.82) is 0 Å². The number of anilines is 1. The van der Waals surface area contributed by atoms with Crippen LogP contribution in [-0.2, 0) is 16.0 Å². The number of nitrogens with two attached hydrogens (primary N) is 1. The van der Waals surface area contributed by atoms with Crippen molar-refractivity contribution >= 4 is 11.6 Å². The SMILES string of the molecule is COC1(C(N)=O)Cc2ccccc2N1. The van der Waals surface area contributed by atoms with Crippen LogP contribution in [0.2, 0.25) is 0 Å². The van der Waals surface area contributed by atoms with Gasteiger partial charge in [0, 0.05) is 19.2 Å². The second-order valence-corrected chi connectivity index (χ2v) is 3.35. The molecular formula is C10H12N2O2. The molecule has 0 bridgehead atoms. The van der Waals surface area contributed by atoms with Crippen molar-refractivity contribution in [3.8, 4) is 0 Å². The van der Waals surface area contributed by atoms with Crippen LogP contribution >= 0.6 is 0 Å². The van der Waals surface area contributed by atoms with Crippen molar-refractivity contribution in [2.24, 2.45) is 5.73 Å². The van der Waals surface area contributed by atoms with Crippen LogP contribution in [0.25, 0.3) is 0 Å². The summed E-state index contributed by atoms with van der Waals surface area (Å²) in [5, 5.41) is 3.00. The molecule has 74 valence electrons. The molecule has 0 aromatic heterocycles. The molecule has 0 spiro atoms. The quantitative estimate of drug-likeness (QED) is 0.716. The molecule has 0 aliphatic carbocycles. The first-order chi connectivity index (χ1) is 6.68. The molecule has 1 aromatic carbocycles. The molecule has 1 heterocycles. The molecule has 1 unspecified atom stereocenters. The second-order valence-electron chi connectivity index (χ2n) is 3.35. The fourth-order valence-corrected chi connectivity index (χ4v) is 1.70. The average Bonchev–Trinajstić information content (AvgIpc) is 2.57. The number of nitrogens with one attached hydrogen (secondary N) is 1. The maximum atomic E-state index is 11.3. The van der Waals surface area contributed by atoms with Gasteiger partial charge in [0.25, 0.3) is 5.91 Å². The Balaban J connectivity index is 2.37. The molecular weight excluding hydrogens is 180 g/mol. The third kappa shape index (κ3) is 1.15. The van der Waals surface area contributed by atoms with Gasteiger partial charge in [-0.15, -0.1) is 0 Å². The summed E-state index contributed by atoms with van der Waals surface area (Å²) in [5.74, 6) is -0.490. The van der Waals surface area contributed by atoms with Crippen molar-refractivity contribution in [3.63, 3.8) is 0 Å². The lowest BCUT2D eigenvalue weighted by atomic mass is 10.1. The number of carbonyl (C=O) groups is 1. The monoisotopic (exact) mass is 192 g/mol. The number of benzene rings is 1. The fraction of sp³-hybridized carbons (Fsp3) is 0.300. The minimum absolute atomic E-state index is 0.481. The van der Waals surface area contributed by atoms with Crippen LogP contribution in [0.3, 0.4) is 0 Å². The van der Waals surface area contributed by atoms with Gasteiger partial charge in [-0.3, -0.25) is 4.79 Å². The number of para-hydroxylation sites is 1. The predicted molar refractivity (Wildman–Crippen MR) is 52.7 cm³/mol. The number of amides is 1. The number of ether oxygens (including phenoxy) is 1. The van der Waals surface area contributed by atoms with Crippen LogP contribution in [0, 0.1) is 0 Å². The van der Waals surface area contributed by atoms with E-state index >= 15 is 0 Å². The second kappa shape index (κ2) is 2.99. The van der Waals surface area contributed by atoms with Gasteiger partial charge < -0.3 is 15.8 Å². The van der Waals surface area contributed by atoms with Gasteiger partial charge in [-0.2, -0.15) is 0 Å². The fourth-order valence-electron chi connectivity index (χ4n) is 1.70. The standard InChI is InChI=1S/C10H12N2O2/c1-14-10(9(11)13)6-7-4-2-3-5-8(7)12-10/h2-5,12H,6H2,1H3,(H2,11,13). The molecule has 0 saturated heterocycles. The van der Waals surface area contributed by atoms with Crippen molar-refractivity contribution < 1.29 is 9.53 Å². The molecule has 3 N–H and O–H groups in total. The lowest BCUT2D eigenvalue weighted by Crippen LogP contribution is -2.50. The Kier molecular flexibility index (Phi) is 1.93. The lowest BCUT2D eigenvalue weighted by molar-refractivity contribution is -0.135. The van der Waals surface area contributed by atoms with Gasteiger partial charge in [-0.1, -0.05) is 18.2 Å². The summed E-state index contributed by atoms with van der Waals surface area (Å²) in [4.78, 5) is 11.3. The highest BCUT2D eigenvalue weighted by Gasteiger charge is 2.42. The highest BCUT2D eigenvalue weighted by molar-refractivity contribution is 5.89. The summed E-state index contributed by atoms with van der Waals surface area (Å²) >= 11 is 0. The van der Waals surface area contributed by atoms with Crippen LogP contribution in [0.4, 0.5) is 5.69 Å². The van der Waals surface area contributed by atoms with Gasteiger partial charge in [0.1, 0.15) is 0 Å². The van der Waals surface area contributed by atoms with E-state index in [-0.39, 0.29) is 0 Å². The number of carbonyl (C=O) groups excluding carboxylic acids is 1. The molecule has 1 aliphatic heterocycles. The van der Waals surface area contributed by atoms with Crippen LogP contribution in [-0.4, -0.2) is 18.7 Å². The van der Waals surface area contributed by atoms with E-state index < -0.39 is 11.6 Å². The largest absolute Gasteiger partial charge is 0.365 e. The molecule has 0 saturated carbocycles. The van der Waals surface area contributed by atoms with Crippen LogP contribution in [0.15, 0.2) is 24.3 Å². The minimum atomic E-state index is -1.07. The molecule has 1 aromatic rings. The number of fused-ring (bicyclic) bond motifs is 1. The van der Waals surface area contributed by atoms with E-state index in [0.29, 0.717) is 6.42 Å². The molecule has 2 rings (SSSR count). The normalized spacial score (nSPS) is 24.1. The van der Waals surface area contributed by atoms with E-state index in [2.05, 4.69) is 5.32 Å². The summed E-state index contributed by atoms with van der Waals surface area (Å²) in [5.41, 5.74) is 6.19.